The van der Waals surface area contributed by atoms with Crippen LogP contribution in [0, 0.1) is 0 Å². The van der Waals surface area contributed by atoms with Crippen LogP contribution in [0.25, 0.3) is 0 Å². The molecule has 0 saturated carbocycles. The molecule has 0 spiro atoms. The second kappa shape index (κ2) is 8.56. The highest BCUT2D eigenvalue weighted by Gasteiger charge is 1.97. The predicted octanol–water partition coefficient (Wildman–Crippen LogP) is 1.03. The van der Waals surface area contributed by atoms with Crippen LogP contribution < -0.4 is 0 Å². The summed E-state index contributed by atoms with van der Waals surface area (Å²) in [7, 11) is 1.66. The van der Waals surface area contributed by atoms with Gasteiger partial charge in [0.05, 0.1) is 13.2 Å². The van der Waals surface area contributed by atoms with Gasteiger partial charge < -0.3 is 14.4 Å². The van der Waals surface area contributed by atoms with Gasteiger partial charge in [-0.05, 0) is 13.8 Å². The number of carbonyl (C=O) groups is 1. The first kappa shape index (κ1) is 13.0. The zero-order chi connectivity index (χ0) is 10.8. The molecule has 0 heterocycles. The number of hydrogen-bond donors (Lipinski definition) is 0. The van der Waals surface area contributed by atoms with Gasteiger partial charge in [0.1, 0.15) is 0 Å². The van der Waals surface area contributed by atoms with Crippen molar-refractivity contribution >= 4 is 5.97 Å². The van der Waals surface area contributed by atoms with E-state index in [1.807, 2.05) is 11.8 Å². The molecule has 0 N–H and O–H groups in total. The van der Waals surface area contributed by atoms with Gasteiger partial charge in [0.25, 0.3) is 0 Å². The number of methoxy groups -OCH3 is 1. The lowest BCUT2D eigenvalue weighted by Gasteiger charge is -2.16. The third-order valence-corrected chi connectivity index (χ3v) is 1.70. The van der Waals surface area contributed by atoms with E-state index in [0.717, 1.165) is 13.1 Å². The zero-order valence-electron chi connectivity index (χ0n) is 9.16. The van der Waals surface area contributed by atoms with E-state index < -0.39 is 0 Å². The molecule has 0 aliphatic heterocycles. The molecule has 0 aliphatic carbocycles. The van der Waals surface area contributed by atoms with E-state index in [9.17, 15) is 4.79 Å². The van der Waals surface area contributed by atoms with Crippen LogP contribution in [-0.4, -0.2) is 44.3 Å². The number of nitrogens with zero attached hydrogens (tertiary/aromatic N) is 1. The monoisotopic (exact) mass is 201 g/mol. The third kappa shape index (κ3) is 6.48. The molecule has 0 bridgehead atoms. The Labute approximate surface area is 85.5 Å². The molecule has 82 valence electrons. The fourth-order valence-electron chi connectivity index (χ4n) is 0.903. The van der Waals surface area contributed by atoms with Crippen LogP contribution in [0.1, 0.15) is 13.8 Å². The van der Waals surface area contributed by atoms with Gasteiger partial charge in [-0.3, -0.25) is 0 Å². The summed E-state index contributed by atoms with van der Waals surface area (Å²) >= 11 is 0. The Hall–Kier alpha value is -1.03. The smallest absolute Gasteiger partial charge is 0.332 e. The van der Waals surface area contributed by atoms with Crippen LogP contribution in [-0.2, 0) is 14.3 Å². The van der Waals surface area contributed by atoms with E-state index >= 15 is 0 Å². The molecule has 0 radical (unpaired) electrons. The summed E-state index contributed by atoms with van der Waals surface area (Å²) < 4.78 is 9.69. The van der Waals surface area contributed by atoms with Crippen LogP contribution in [0.3, 0.4) is 0 Å². The van der Waals surface area contributed by atoms with Gasteiger partial charge in [-0.25, -0.2) is 4.79 Å². The summed E-state index contributed by atoms with van der Waals surface area (Å²) in [6, 6.07) is 0. The number of carbonyl (C=O) groups excluding carboxylic acids is 1. The molecule has 0 aromatic carbocycles. The largest absolute Gasteiger partial charge is 0.463 e. The van der Waals surface area contributed by atoms with Crippen molar-refractivity contribution in [3.63, 3.8) is 0 Å². The molecule has 0 saturated heterocycles. The molecule has 0 amide bonds. The van der Waals surface area contributed by atoms with E-state index in [2.05, 4.69) is 0 Å². The third-order valence-electron chi connectivity index (χ3n) is 1.70. The molecular weight excluding hydrogens is 182 g/mol. The Morgan fingerprint density at radius 2 is 2.14 bits per heavy atom. The molecule has 0 aromatic rings. The lowest BCUT2D eigenvalue weighted by molar-refractivity contribution is -0.137. The maximum absolute atomic E-state index is 11.0. The second-order valence-electron chi connectivity index (χ2n) is 2.69. The van der Waals surface area contributed by atoms with Crippen molar-refractivity contribution in [2.45, 2.75) is 13.8 Å². The number of hydrogen-bond acceptors (Lipinski definition) is 4. The summed E-state index contributed by atoms with van der Waals surface area (Å²) in [5.41, 5.74) is 0. The first-order chi connectivity index (χ1) is 6.74. The van der Waals surface area contributed by atoms with Gasteiger partial charge in [-0.1, -0.05) is 0 Å². The number of esters is 1. The molecular formula is C10H19NO3. The molecule has 4 heteroatoms. The van der Waals surface area contributed by atoms with Gasteiger partial charge >= 0.3 is 5.97 Å². The molecule has 0 aliphatic rings. The summed E-state index contributed by atoms with van der Waals surface area (Å²) in [4.78, 5) is 13.0. The predicted molar refractivity (Wildman–Crippen MR) is 54.9 cm³/mol. The Balaban J connectivity index is 3.84. The van der Waals surface area contributed by atoms with Crippen LogP contribution >= 0.6 is 0 Å². The SMILES string of the molecule is CCOC(=O)/C=C/N(CC)CCOC. The van der Waals surface area contributed by atoms with Crippen LogP contribution in [0.4, 0.5) is 0 Å². The Morgan fingerprint density at radius 1 is 1.43 bits per heavy atom. The average molecular weight is 201 g/mol. The standard InChI is InChI=1S/C10H19NO3/c1-4-11(8-9-13-3)7-6-10(12)14-5-2/h6-7H,4-5,8-9H2,1-3H3/b7-6+. The van der Waals surface area contributed by atoms with E-state index in [-0.39, 0.29) is 5.97 Å². The summed E-state index contributed by atoms with van der Waals surface area (Å²) in [6.07, 6.45) is 3.17. The van der Waals surface area contributed by atoms with E-state index in [1.165, 1.54) is 6.08 Å². The summed E-state index contributed by atoms with van der Waals surface area (Å²) in [6.45, 7) is 6.50. The summed E-state index contributed by atoms with van der Waals surface area (Å²) in [5, 5.41) is 0. The lowest BCUT2D eigenvalue weighted by Crippen LogP contribution is -2.21. The topological polar surface area (TPSA) is 38.8 Å². The number of likely N-dealkylation sites (N-methyl/N-ethyl adjacent to an activating group) is 1. The molecule has 4 nitrogen and oxygen atoms in total. The van der Waals surface area contributed by atoms with Gasteiger partial charge in [0.15, 0.2) is 0 Å². The average Bonchev–Trinajstić information content (AvgIpc) is 2.19. The summed E-state index contributed by atoms with van der Waals surface area (Å²) in [5.74, 6) is -0.302. The normalized spacial score (nSPS) is 10.5. The first-order valence-electron chi connectivity index (χ1n) is 4.82. The minimum Gasteiger partial charge on any atom is -0.463 e. The molecule has 0 rings (SSSR count). The molecule has 14 heavy (non-hydrogen) atoms. The molecule has 0 aromatic heterocycles. The minimum absolute atomic E-state index is 0.302. The fourth-order valence-corrected chi connectivity index (χ4v) is 0.903. The Kier molecular flexibility index (Phi) is 7.93. The Morgan fingerprint density at radius 3 is 2.64 bits per heavy atom. The van der Waals surface area contributed by atoms with Crippen LogP contribution in [0.15, 0.2) is 12.3 Å². The highest BCUT2D eigenvalue weighted by Crippen LogP contribution is 1.91. The first-order valence-corrected chi connectivity index (χ1v) is 4.82. The van der Waals surface area contributed by atoms with Crippen molar-refractivity contribution in [3.8, 4) is 0 Å². The van der Waals surface area contributed by atoms with Crippen molar-refractivity contribution in [2.75, 3.05) is 33.4 Å². The van der Waals surface area contributed by atoms with E-state index in [4.69, 9.17) is 9.47 Å². The van der Waals surface area contributed by atoms with Crippen LogP contribution in [0.5, 0.6) is 0 Å². The van der Waals surface area contributed by atoms with Gasteiger partial charge in [-0.2, -0.15) is 0 Å². The lowest BCUT2D eigenvalue weighted by atomic mass is 10.5. The zero-order valence-corrected chi connectivity index (χ0v) is 9.16. The highest BCUT2D eigenvalue weighted by atomic mass is 16.5. The maximum Gasteiger partial charge on any atom is 0.332 e. The van der Waals surface area contributed by atoms with E-state index in [0.29, 0.717) is 13.2 Å². The van der Waals surface area contributed by atoms with Crippen molar-refractivity contribution in [3.05, 3.63) is 12.3 Å². The molecule has 0 fully saturated rings. The molecule has 0 atom stereocenters. The van der Waals surface area contributed by atoms with Crippen molar-refractivity contribution in [1.82, 2.24) is 4.90 Å². The Bertz CT molecular complexity index is 180. The number of rotatable bonds is 7. The quantitative estimate of drug-likeness (QED) is 0.455. The number of ether oxygens (including phenoxy) is 2. The van der Waals surface area contributed by atoms with Crippen molar-refractivity contribution < 1.29 is 14.3 Å². The highest BCUT2D eigenvalue weighted by molar-refractivity contribution is 5.81. The molecule has 0 unspecified atom stereocenters. The maximum atomic E-state index is 11.0. The van der Waals surface area contributed by atoms with Crippen molar-refractivity contribution in [1.29, 1.82) is 0 Å². The minimum atomic E-state index is -0.302. The van der Waals surface area contributed by atoms with Gasteiger partial charge in [0, 0.05) is 32.5 Å². The van der Waals surface area contributed by atoms with Crippen LogP contribution in [0.2, 0.25) is 0 Å². The van der Waals surface area contributed by atoms with Gasteiger partial charge in [-0.15, -0.1) is 0 Å². The second-order valence-corrected chi connectivity index (χ2v) is 2.69. The van der Waals surface area contributed by atoms with Gasteiger partial charge in [0.2, 0.25) is 0 Å². The van der Waals surface area contributed by atoms with Crippen molar-refractivity contribution in [2.24, 2.45) is 0 Å². The van der Waals surface area contributed by atoms with E-state index in [1.54, 1.807) is 20.2 Å². The fraction of sp³-hybridized carbons (Fsp3) is 0.700.